The maximum Gasteiger partial charge on any atom is 0.180 e. The molecule has 0 spiro atoms. The molecule has 1 atom stereocenters. The molecule has 0 saturated heterocycles. The van der Waals surface area contributed by atoms with Crippen LogP contribution in [0.3, 0.4) is 0 Å². The molecule has 4 heteroatoms. The number of hydrogen-bond acceptors (Lipinski definition) is 4. The molecule has 96 valence electrons. The standard InChI is InChI=1S/C14H18N2O2/c1-3-14(16-9-13-8-15-10-18-13)11-4-6-12(17-2)7-5-11/h4-8,10,14,16H,3,9H2,1-2H3. The molecule has 1 aromatic heterocycles. The minimum Gasteiger partial charge on any atom is -0.497 e. The Kier molecular flexibility index (Phi) is 4.36. The second kappa shape index (κ2) is 6.21. The van der Waals surface area contributed by atoms with Crippen LogP contribution in [0.2, 0.25) is 0 Å². The van der Waals surface area contributed by atoms with Gasteiger partial charge in [0.1, 0.15) is 11.5 Å². The Labute approximate surface area is 107 Å². The van der Waals surface area contributed by atoms with E-state index in [-0.39, 0.29) is 0 Å². The molecule has 0 aliphatic heterocycles. The van der Waals surface area contributed by atoms with Crippen molar-refractivity contribution < 1.29 is 9.15 Å². The number of hydrogen-bond donors (Lipinski definition) is 1. The van der Waals surface area contributed by atoms with E-state index in [1.165, 1.54) is 12.0 Å². The predicted molar refractivity (Wildman–Crippen MR) is 69.4 cm³/mol. The van der Waals surface area contributed by atoms with Crippen molar-refractivity contribution in [1.82, 2.24) is 10.3 Å². The van der Waals surface area contributed by atoms with E-state index in [0.717, 1.165) is 17.9 Å². The van der Waals surface area contributed by atoms with Gasteiger partial charge in [-0.3, -0.25) is 0 Å². The number of methoxy groups -OCH3 is 1. The van der Waals surface area contributed by atoms with Crippen LogP contribution in [0.5, 0.6) is 5.75 Å². The van der Waals surface area contributed by atoms with Crippen LogP contribution in [-0.2, 0) is 6.54 Å². The van der Waals surface area contributed by atoms with Crippen molar-refractivity contribution in [3.8, 4) is 5.75 Å². The number of rotatable bonds is 6. The Bertz CT molecular complexity index is 451. The Balaban J connectivity index is 1.98. The number of nitrogens with zero attached hydrogens (tertiary/aromatic N) is 1. The zero-order chi connectivity index (χ0) is 12.8. The molecule has 0 aliphatic rings. The van der Waals surface area contributed by atoms with E-state index in [4.69, 9.17) is 9.15 Å². The third kappa shape index (κ3) is 3.11. The Hall–Kier alpha value is -1.81. The number of nitrogens with one attached hydrogen (secondary N) is 1. The zero-order valence-corrected chi connectivity index (χ0v) is 10.7. The van der Waals surface area contributed by atoms with Crippen LogP contribution in [0.4, 0.5) is 0 Å². The molecule has 1 N–H and O–H groups in total. The molecule has 1 aromatic carbocycles. The van der Waals surface area contributed by atoms with Gasteiger partial charge < -0.3 is 14.5 Å². The summed E-state index contributed by atoms with van der Waals surface area (Å²) in [4.78, 5) is 3.90. The molecule has 2 rings (SSSR count). The Morgan fingerprint density at radius 3 is 2.67 bits per heavy atom. The summed E-state index contributed by atoms with van der Waals surface area (Å²) in [5.74, 6) is 1.73. The smallest absolute Gasteiger partial charge is 0.180 e. The van der Waals surface area contributed by atoms with Crippen LogP contribution < -0.4 is 10.1 Å². The molecule has 18 heavy (non-hydrogen) atoms. The summed E-state index contributed by atoms with van der Waals surface area (Å²) in [5, 5.41) is 3.45. The first kappa shape index (κ1) is 12.6. The zero-order valence-electron chi connectivity index (χ0n) is 10.7. The summed E-state index contributed by atoms with van der Waals surface area (Å²) in [7, 11) is 1.68. The first-order chi connectivity index (χ1) is 8.83. The number of ether oxygens (including phenoxy) is 1. The average molecular weight is 246 g/mol. The lowest BCUT2D eigenvalue weighted by Crippen LogP contribution is -2.19. The lowest BCUT2D eigenvalue weighted by Gasteiger charge is -2.16. The first-order valence-corrected chi connectivity index (χ1v) is 6.08. The summed E-state index contributed by atoms with van der Waals surface area (Å²) in [6, 6.07) is 8.43. The minimum absolute atomic E-state index is 0.306. The van der Waals surface area contributed by atoms with Crippen molar-refractivity contribution in [1.29, 1.82) is 0 Å². The first-order valence-electron chi connectivity index (χ1n) is 6.08. The second-order valence-electron chi connectivity index (χ2n) is 4.08. The normalized spacial score (nSPS) is 12.3. The molecule has 0 saturated carbocycles. The molecule has 1 heterocycles. The minimum atomic E-state index is 0.306. The summed E-state index contributed by atoms with van der Waals surface area (Å²) >= 11 is 0. The van der Waals surface area contributed by atoms with Crippen LogP contribution in [-0.4, -0.2) is 12.1 Å². The quantitative estimate of drug-likeness (QED) is 0.851. The van der Waals surface area contributed by atoms with Gasteiger partial charge in [0, 0.05) is 6.04 Å². The van der Waals surface area contributed by atoms with E-state index in [1.54, 1.807) is 13.3 Å². The van der Waals surface area contributed by atoms with Crippen LogP contribution in [0, 0.1) is 0 Å². The van der Waals surface area contributed by atoms with E-state index in [9.17, 15) is 0 Å². The van der Waals surface area contributed by atoms with Gasteiger partial charge >= 0.3 is 0 Å². The van der Waals surface area contributed by atoms with E-state index < -0.39 is 0 Å². The Morgan fingerprint density at radius 2 is 2.11 bits per heavy atom. The predicted octanol–water partition coefficient (Wildman–Crippen LogP) is 2.92. The molecule has 0 radical (unpaired) electrons. The van der Waals surface area contributed by atoms with Crippen LogP contribution in [0.1, 0.15) is 30.7 Å². The van der Waals surface area contributed by atoms with Gasteiger partial charge in [-0.2, -0.15) is 0 Å². The van der Waals surface area contributed by atoms with E-state index in [0.29, 0.717) is 12.6 Å². The third-order valence-corrected chi connectivity index (χ3v) is 2.93. The fraction of sp³-hybridized carbons (Fsp3) is 0.357. The largest absolute Gasteiger partial charge is 0.497 e. The molecule has 4 nitrogen and oxygen atoms in total. The SMILES string of the molecule is CCC(NCc1cnco1)c1ccc(OC)cc1. The Morgan fingerprint density at radius 1 is 1.33 bits per heavy atom. The van der Waals surface area contributed by atoms with Crippen molar-refractivity contribution in [2.45, 2.75) is 25.9 Å². The molecule has 0 fully saturated rings. The van der Waals surface area contributed by atoms with E-state index >= 15 is 0 Å². The van der Waals surface area contributed by atoms with Crippen LogP contribution >= 0.6 is 0 Å². The maximum atomic E-state index is 5.21. The average Bonchev–Trinajstić information content (AvgIpc) is 2.93. The van der Waals surface area contributed by atoms with Gasteiger partial charge in [0.05, 0.1) is 19.9 Å². The lowest BCUT2D eigenvalue weighted by molar-refractivity contribution is 0.413. The fourth-order valence-corrected chi connectivity index (χ4v) is 1.89. The number of aromatic nitrogens is 1. The monoisotopic (exact) mass is 246 g/mol. The van der Waals surface area contributed by atoms with Gasteiger partial charge in [-0.05, 0) is 24.1 Å². The van der Waals surface area contributed by atoms with E-state index in [1.807, 2.05) is 12.1 Å². The molecular weight excluding hydrogens is 228 g/mol. The molecule has 2 aromatic rings. The van der Waals surface area contributed by atoms with Gasteiger partial charge in [0.2, 0.25) is 0 Å². The topological polar surface area (TPSA) is 47.3 Å². The summed E-state index contributed by atoms with van der Waals surface area (Å²) in [5.41, 5.74) is 1.25. The highest BCUT2D eigenvalue weighted by molar-refractivity contribution is 5.29. The maximum absolute atomic E-state index is 5.21. The van der Waals surface area contributed by atoms with E-state index in [2.05, 4.69) is 29.4 Å². The number of oxazole rings is 1. The highest BCUT2D eigenvalue weighted by Gasteiger charge is 2.09. The fourth-order valence-electron chi connectivity index (χ4n) is 1.89. The molecule has 0 aliphatic carbocycles. The summed E-state index contributed by atoms with van der Waals surface area (Å²) < 4.78 is 10.4. The van der Waals surface area contributed by atoms with Crippen LogP contribution in [0.25, 0.3) is 0 Å². The molecule has 0 amide bonds. The second-order valence-corrected chi connectivity index (χ2v) is 4.08. The van der Waals surface area contributed by atoms with Gasteiger partial charge in [-0.25, -0.2) is 4.98 Å². The van der Waals surface area contributed by atoms with Gasteiger partial charge in [-0.15, -0.1) is 0 Å². The van der Waals surface area contributed by atoms with Crippen LogP contribution in [0.15, 0.2) is 41.3 Å². The van der Waals surface area contributed by atoms with Crippen molar-refractivity contribution in [3.63, 3.8) is 0 Å². The summed E-state index contributed by atoms with van der Waals surface area (Å²) in [6.45, 7) is 2.84. The van der Waals surface area contributed by atoms with Gasteiger partial charge in [-0.1, -0.05) is 19.1 Å². The van der Waals surface area contributed by atoms with Crippen molar-refractivity contribution >= 4 is 0 Å². The van der Waals surface area contributed by atoms with Crippen molar-refractivity contribution in [2.24, 2.45) is 0 Å². The highest BCUT2D eigenvalue weighted by Crippen LogP contribution is 2.20. The summed E-state index contributed by atoms with van der Waals surface area (Å²) in [6.07, 6.45) is 4.19. The van der Waals surface area contributed by atoms with Gasteiger partial charge in [0.25, 0.3) is 0 Å². The van der Waals surface area contributed by atoms with Crippen molar-refractivity contribution in [2.75, 3.05) is 7.11 Å². The lowest BCUT2D eigenvalue weighted by atomic mass is 10.0. The molecule has 1 unspecified atom stereocenters. The third-order valence-electron chi connectivity index (χ3n) is 2.93. The number of benzene rings is 1. The highest BCUT2D eigenvalue weighted by atomic mass is 16.5. The van der Waals surface area contributed by atoms with Gasteiger partial charge in [0.15, 0.2) is 6.39 Å². The molecule has 0 bridgehead atoms. The molecular formula is C14H18N2O2. The van der Waals surface area contributed by atoms with Crippen molar-refractivity contribution in [3.05, 3.63) is 48.2 Å².